The molecular formula is C54H34N2S. The molecule has 3 aromatic heterocycles. The van der Waals surface area contributed by atoms with Crippen molar-refractivity contribution in [2.75, 3.05) is 0 Å². The van der Waals surface area contributed by atoms with E-state index in [1.165, 1.54) is 97.2 Å². The molecule has 0 bridgehead atoms. The number of aromatic nitrogens is 2. The van der Waals surface area contributed by atoms with Crippen LogP contribution in [0.25, 0.3) is 109 Å². The van der Waals surface area contributed by atoms with E-state index < -0.39 is 0 Å². The van der Waals surface area contributed by atoms with E-state index in [4.69, 9.17) is 0 Å². The fraction of sp³-hybridized carbons (Fsp3) is 0. The largest absolute Gasteiger partial charge is 0.309 e. The Balaban J connectivity index is 1.17. The zero-order chi connectivity index (χ0) is 37.5. The lowest BCUT2D eigenvalue weighted by molar-refractivity contribution is 1.16. The molecule has 0 unspecified atom stereocenters. The van der Waals surface area contributed by atoms with Gasteiger partial charge in [0.05, 0.1) is 22.1 Å². The summed E-state index contributed by atoms with van der Waals surface area (Å²) >= 11 is 1.90. The Hall–Kier alpha value is -7.20. The van der Waals surface area contributed by atoms with Crippen molar-refractivity contribution in [1.29, 1.82) is 0 Å². The van der Waals surface area contributed by atoms with Crippen LogP contribution in [0.4, 0.5) is 0 Å². The highest BCUT2D eigenvalue weighted by atomic mass is 32.1. The van der Waals surface area contributed by atoms with Crippen LogP contribution in [0.2, 0.25) is 0 Å². The predicted molar refractivity (Wildman–Crippen MR) is 244 cm³/mol. The van der Waals surface area contributed by atoms with Gasteiger partial charge in [0.1, 0.15) is 0 Å². The molecule has 0 amide bonds. The zero-order valence-corrected chi connectivity index (χ0v) is 31.7. The molecule has 0 fully saturated rings. The number of fused-ring (bicyclic) bond motifs is 10. The summed E-state index contributed by atoms with van der Waals surface area (Å²) in [5.41, 5.74) is 14.4. The van der Waals surface area contributed by atoms with Crippen molar-refractivity contribution in [2.45, 2.75) is 0 Å². The quantitative estimate of drug-likeness (QED) is 0.166. The first-order valence-corrected chi connectivity index (χ1v) is 20.3. The molecule has 0 aliphatic carbocycles. The van der Waals surface area contributed by atoms with Gasteiger partial charge in [-0.2, -0.15) is 0 Å². The van der Waals surface area contributed by atoms with Gasteiger partial charge in [-0.25, -0.2) is 0 Å². The van der Waals surface area contributed by atoms with Crippen LogP contribution in [0.1, 0.15) is 0 Å². The number of hydrogen-bond donors (Lipinski definition) is 0. The van der Waals surface area contributed by atoms with E-state index in [0.717, 1.165) is 11.4 Å². The van der Waals surface area contributed by atoms with Crippen molar-refractivity contribution in [1.82, 2.24) is 9.13 Å². The summed E-state index contributed by atoms with van der Waals surface area (Å²) in [5, 5.41) is 7.71. The molecule has 0 aliphatic rings. The van der Waals surface area contributed by atoms with Crippen LogP contribution >= 0.6 is 11.3 Å². The molecule has 9 aromatic carbocycles. The van der Waals surface area contributed by atoms with Gasteiger partial charge in [-0.3, -0.25) is 0 Å². The highest BCUT2D eigenvalue weighted by Crippen LogP contribution is 2.46. The highest BCUT2D eigenvalue weighted by Gasteiger charge is 2.21. The number of thiophene rings is 1. The Morgan fingerprint density at radius 1 is 0.298 bits per heavy atom. The fourth-order valence-electron chi connectivity index (χ4n) is 9.24. The molecular weight excluding hydrogens is 709 g/mol. The standard InChI is InChI=1S/C54H34N2S/c1-3-15-35(16-4-1)39-19-7-8-20-40(39)41-29-27-37(33-47(41)36-17-5-2-6-18-36)56-50-32-31-45-44-23-11-14-26-52(44)57-54(45)53(50)46-30-28-38(34-51(46)56)55-48-24-12-9-21-42(48)43-22-10-13-25-49(43)55/h1-34H. The lowest BCUT2D eigenvalue weighted by Gasteiger charge is -2.18. The Morgan fingerprint density at radius 3 is 1.56 bits per heavy atom. The molecule has 0 saturated heterocycles. The van der Waals surface area contributed by atoms with Crippen molar-refractivity contribution < 1.29 is 0 Å². The molecule has 0 spiro atoms. The first-order valence-electron chi connectivity index (χ1n) is 19.5. The van der Waals surface area contributed by atoms with Gasteiger partial charge in [0.15, 0.2) is 0 Å². The molecule has 0 aliphatic heterocycles. The number of nitrogens with zero attached hydrogens (tertiary/aromatic N) is 2. The van der Waals surface area contributed by atoms with Crippen molar-refractivity contribution >= 4 is 75.1 Å². The van der Waals surface area contributed by atoms with Crippen LogP contribution in [-0.4, -0.2) is 9.13 Å². The third-order valence-electron chi connectivity index (χ3n) is 11.7. The smallest absolute Gasteiger partial charge is 0.0562 e. The van der Waals surface area contributed by atoms with E-state index in [9.17, 15) is 0 Å². The molecule has 0 atom stereocenters. The summed E-state index contributed by atoms with van der Waals surface area (Å²) in [6.45, 7) is 0. The highest BCUT2D eigenvalue weighted by molar-refractivity contribution is 7.26. The van der Waals surface area contributed by atoms with Gasteiger partial charge in [0.2, 0.25) is 0 Å². The van der Waals surface area contributed by atoms with Crippen LogP contribution in [0.15, 0.2) is 206 Å². The van der Waals surface area contributed by atoms with E-state index in [2.05, 4.69) is 215 Å². The Morgan fingerprint density at radius 2 is 0.825 bits per heavy atom. The summed E-state index contributed by atoms with van der Waals surface area (Å²) in [4.78, 5) is 0. The first kappa shape index (κ1) is 32.1. The molecule has 2 nitrogen and oxygen atoms in total. The summed E-state index contributed by atoms with van der Waals surface area (Å²) in [6, 6.07) is 75.6. The molecule has 12 aromatic rings. The van der Waals surface area contributed by atoms with Crippen molar-refractivity contribution in [3.05, 3.63) is 206 Å². The number of benzene rings is 9. The van der Waals surface area contributed by atoms with E-state index in [1.807, 2.05) is 11.3 Å². The maximum absolute atomic E-state index is 2.51. The normalized spacial score (nSPS) is 11.9. The Labute approximate surface area is 333 Å². The second-order valence-corrected chi connectivity index (χ2v) is 15.9. The van der Waals surface area contributed by atoms with Gasteiger partial charge in [-0.15, -0.1) is 11.3 Å². The van der Waals surface area contributed by atoms with Crippen LogP contribution in [-0.2, 0) is 0 Å². The summed E-state index contributed by atoms with van der Waals surface area (Å²) in [6.07, 6.45) is 0. The second kappa shape index (κ2) is 12.7. The third kappa shape index (κ3) is 4.89. The average Bonchev–Trinajstić information content (AvgIpc) is 3.94. The maximum atomic E-state index is 2.51. The van der Waals surface area contributed by atoms with Gasteiger partial charge in [-0.05, 0) is 81.9 Å². The lowest BCUT2D eigenvalue weighted by atomic mass is 9.89. The minimum atomic E-state index is 1.13. The van der Waals surface area contributed by atoms with Crippen molar-refractivity contribution in [3.8, 4) is 44.8 Å². The predicted octanol–water partition coefficient (Wildman–Crippen LogP) is 15.2. The SMILES string of the molecule is c1ccc(-c2ccccc2-c2ccc(-n3c4cc(-n5c6ccccc6c6ccccc65)ccc4c4c5sc6ccccc6c5ccc43)cc2-c2ccccc2)cc1. The van der Waals surface area contributed by atoms with Gasteiger partial charge >= 0.3 is 0 Å². The van der Waals surface area contributed by atoms with Gasteiger partial charge in [0.25, 0.3) is 0 Å². The van der Waals surface area contributed by atoms with Crippen molar-refractivity contribution in [3.63, 3.8) is 0 Å². The van der Waals surface area contributed by atoms with Crippen molar-refractivity contribution in [2.24, 2.45) is 0 Å². The van der Waals surface area contributed by atoms with Gasteiger partial charge in [0, 0.05) is 53.1 Å². The molecule has 3 heteroatoms. The molecule has 0 saturated carbocycles. The van der Waals surface area contributed by atoms with E-state index in [1.54, 1.807) is 0 Å². The number of hydrogen-bond acceptors (Lipinski definition) is 1. The monoisotopic (exact) mass is 742 g/mol. The van der Waals surface area contributed by atoms with Crippen LogP contribution in [0.5, 0.6) is 0 Å². The Bertz CT molecular complexity index is 3460. The molecule has 0 N–H and O–H groups in total. The van der Waals surface area contributed by atoms with Gasteiger partial charge in [-0.1, -0.05) is 158 Å². The maximum Gasteiger partial charge on any atom is 0.0562 e. The summed E-state index contributed by atoms with van der Waals surface area (Å²) < 4.78 is 7.58. The molecule has 266 valence electrons. The topological polar surface area (TPSA) is 9.86 Å². The minimum Gasteiger partial charge on any atom is -0.309 e. The molecule has 0 radical (unpaired) electrons. The van der Waals surface area contributed by atoms with E-state index in [-0.39, 0.29) is 0 Å². The first-order chi connectivity index (χ1) is 28.3. The minimum absolute atomic E-state index is 1.13. The molecule has 3 heterocycles. The lowest BCUT2D eigenvalue weighted by Crippen LogP contribution is -1.98. The zero-order valence-electron chi connectivity index (χ0n) is 30.9. The summed E-state index contributed by atoms with van der Waals surface area (Å²) in [5.74, 6) is 0. The number of rotatable bonds is 5. The summed E-state index contributed by atoms with van der Waals surface area (Å²) in [7, 11) is 0. The van der Waals surface area contributed by atoms with E-state index in [0.29, 0.717) is 0 Å². The fourth-order valence-corrected chi connectivity index (χ4v) is 10.5. The third-order valence-corrected chi connectivity index (χ3v) is 12.9. The Kier molecular flexibility index (Phi) is 7.13. The number of para-hydroxylation sites is 2. The van der Waals surface area contributed by atoms with Crippen LogP contribution in [0.3, 0.4) is 0 Å². The molecule has 57 heavy (non-hydrogen) atoms. The van der Waals surface area contributed by atoms with Crippen LogP contribution < -0.4 is 0 Å². The molecule has 12 rings (SSSR count). The second-order valence-electron chi connectivity index (χ2n) is 14.8. The van der Waals surface area contributed by atoms with Gasteiger partial charge < -0.3 is 9.13 Å². The van der Waals surface area contributed by atoms with E-state index >= 15 is 0 Å². The average molecular weight is 743 g/mol. The van der Waals surface area contributed by atoms with Crippen LogP contribution in [0, 0.1) is 0 Å².